The first-order chi connectivity index (χ1) is 7.66. The number of pyridine rings is 1. The first kappa shape index (κ1) is 11.0. The van der Waals surface area contributed by atoms with Gasteiger partial charge in [0.15, 0.2) is 0 Å². The lowest BCUT2D eigenvalue weighted by atomic mass is 10.1. The summed E-state index contributed by atoms with van der Waals surface area (Å²) in [6, 6.07) is 4.26. The van der Waals surface area contributed by atoms with Gasteiger partial charge in [0.2, 0.25) is 0 Å². The summed E-state index contributed by atoms with van der Waals surface area (Å²) in [5.74, 6) is 1.60. The van der Waals surface area contributed by atoms with Crippen molar-refractivity contribution in [2.24, 2.45) is 5.92 Å². The Bertz CT molecular complexity index is 462. The van der Waals surface area contributed by atoms with Crippen molar-refractivity contribution < 1.29 is 4.42 Å². The van der Waals surface area contributed by atoms with E-state index in [0.29, 0.717) is 12.0 Å². The van der Waals surface area contributed by atoms with Gasteiger partial charge >= 0.3 is 0 Å². The maximum Gasteiger partial charge on any atom is 0.139 e. The van der Waals surface area contributed by atoms with Crippen molar-refractivity contribution in [2.75, 3.05) is 5.32 Å². The quantitative estimate of drug-likeness (QED) is 0.850. The molecule has 16 heavy (non-hydrogen) atoms. The molecular weight excluding hydrogens is 200 g/mol. The smallest absolute Gasteiger partial charge is 0.139 e. The number of hydrogen-bond donors (Lipinski definition) is 1. The SMILES string of the molecule is CC(C)CC(C)Nc1nccc2occc12. The molecule has 1 atom stereocenters. The number of nitrogens with one attached hydrogen (secondary N) is 1. The Kier molecular flexibility index (Phi) is 3.13. The summed E-state index contributed by atoms with van der Waals surface area (Å²) >= 11 is 0. The van der Waals surface area contributed by atoms with Crippen molar-refractivity contribution in [1.29, 1.82) is 0 Å². The number of hydrogen-bond acceptors (Lipinski definition) is 3. The molecule has 0 radical (unpaired) electrons. The van der Waals surface area contributed by atoms with Crippen LogP contribution in [0.5, 0.6) is 0 Å². The molecule has 2 aromatic rings. The van der Waals surface area contributed by atoms with E-state index in [2.05, 4.69) is 31.1 Å². The van der Waals surface area contributed by atoms with Gasteiger partial charge in [-0.1, -0.05) is 13.8 Å². The first-order valence-electron chi connectivity index (χ1n) is 5.75. The highest BCUT2D eigenvalue weighted by Gasteiger charge is 2.09. The first-order valence-corrected chi connectivity index (χ1v) is 5.75. The zero-order chi connectivity index (χ0) is 11.5. The molecule has 0 aliphatic carbocycles. The average Bonchev–Trinajstić information content (AvgIpc) is 2.65. The molecule has 0 saturated heterocycles. The standard InChI is InChI=1S/C13H18N2O/c1-9(2)8-10(3)15-13-11-5-7-16-12(11)4-6-14-13/h4-7,9-10H,8H2,1-3H3,(H,14,15). The Labute approximate surface area is 95.9 Å². The minimum absolute atomic E-state index is 0.424. The molecular formula is C13H18N2O. The van der Waals surface area contributed by atoms with Crippen LogP contribution >= 0.6 is 0 Å². The van der Waals surface area contributed by atoms with E-state index in [1.54, 1.807) is 12.5 Å². The number of rotatable bonds is 4. The fourth-order valence-corrected chi connectivity index (χ4v) is 2.01. The Balaban J connectivity index is 2.17. The lowest BCUT2D eigenvalue weighted by Crippen LogP contribution is -2.18. The maximum atomic E-state index is 5.34. The van der Waals surface area contributed by atoms with Gasteiger partial charge in [-0.2, -0.15) is 0 Å². The van der Waals surface area contributed by atoms with E-state index in [-0.39, 0.29) is 0 Å². The van der Waals surface area contributed by atoms with Gasteiger partial charge in [0, 0.05) is 12.2 Å². The monoisotopic (exact) mass is 218 g/mol. The Morgan fingerprint density at radius 1 is 1.31 bits per heavy atom. The van der Waals surface area contributed by atoms with E-state index in [9.17, 15) is 0 Å². The van der Waals surface area contributed by atoms with Crippen LogP contribution in [-0.4, -0.2) is 11.0 Å². The summed E-state index contributed by atoms with van der Waals surface area (Å²) in [7, 11) is 0. The van der Waals surface area contributed by atoms with E-state index in [1.165, 1.54) is 0 Å². The van der Waals surface area contributed by atoms with E-state index in [4.69, 9.17) is 4.42 Å². The van der Waals surface area contributed by atoms with Crippen molar-refractivity contribution >= 4 is 16.8 Å². The van der Waals surface area contributed by atoms with Crippen molar-refractivity contribution in [2.45, 2.75) is 33.2 Å². The predicted molar refractivity (Wildman–Crippen MR) is 66.5 cm³/mol. The minimum atomic E-state index is 0.424. The summed E-state index contributed by atoms with van der Waals surface area (Å²) in [5.41, 5.74) is 0.884. The zero-order valence-electron chi connectivity index (χ0n) is 10.0. The van der Waals surface area contributed by atoms with Gasteiger partial charge < -0.3 is 9.73 Å². The van der Waals surface area contributed by atoms with Crippen LogP contribution in [0.25, 0.3) is 11.0 Å². The average molecular weight is 218 g/mol. The molecule has 0 aliphatic rings. The van der Waals surface area contributed by atoms with Crippen LogP contribution < -0.4 is 5.32 Å². The van der Waals surface area contributed by atoms with E-state index >= 15 is 0 Å². The van der Waals surface area contributed by atoms with Crippen LogP contribution in [0.3, 0.4) is 0 Å². The fourth-order valence-electron chi connectivity index (χ4n) is 2.01. The molecule has 3 nitrogen and oxygen atoms in total. The fraction of sp³-hybridized carbons (Fsp3) is 0.462. The molecule has 2 rings (SSSR count). The largest absolute Gasteiger partial charge is 0.464 e. The van der Waals surface area contributed by atoms with Gasteiger partial charge in [-0.05, 0) is 31.4 Å². The van der Waals surface area contributed by atoms with E-state index in [0.717, 1.165) is 23.2 Å². The number of nitrogens with zero attached hydrogens (tertiary/aromatic N) is 1. The lowest BCUT2D eigenvalue weighted by Gasteiger charge is -2.16. The molecule has 0 spiro atoms. The number of anilines is 1. The molecule has 2 heterocycles. The molecule has 0 aromatic carbocycles. The third kappa shape index (κ3) is 2.35. The molecule has 2 aromatic heterocycles. The maximum absolute atomic E-state index is 5.34. The highest BCUT2D eigenvalue weighted by Crippen LogP contribution is 2.23. The molecule has 0 aliphatic heterocycles. The second-order valence-electron chi connectivity index (χ2n) is 4.67. The summed E-state index contributed by atoms with van der Waals surface area (Å²) < 4.78 is 5.34. The second-order valence-corrected chi connectivity index (χ2v) is 4.67. The van der Waals surface area contributed by atoms with Crippen molar-refractivity contribution in [3.63, 3.8) is 0 Å². The van der Waals surface area contributed by atoms with Gasteiger partial charge in [0.1, 0.15) is 11.4 Å². The van der Waals surface area contributed by atoms with Gasteiger partial charge in [0.05, 0.1) is 11.6 Å². The zero-order valence-corrected chi connectivity index (χ0v) is 10.0. The summed E-state index contributed by atoms with van der Waals surface area (Å²) in [5, 5.41) is 4.49. The lowest BCUT2D eigenvalue weighted by molar-refractivity contribution is 0.539. The Hall–Kier alpha value is -1.51. The molecule has 0 saturated carbocycles. The van der Waals surface area contributed by atoms with Gasteiger partial charge in [-0.25, -0.2) is 4.98 Å². The molecule has 1 unspecified atom stereocenters. The molecule has 1 N–H and O–H groups in total. The van der Waals surface area contributed by atoms with Crippen molar-refractivity contribution in [3.8, 4) is 0 Å². The number of furan rings is 1. The van der Waals surface area contributed by atoms with Crippen LogP contribution in [0, 0.1) is 5.92 Å². The number of aromatic nitrogens is 1. The van der Waals surface area contributed by atoms with E-state index in [1.807, 2.05) is 12.1 Å². The predicted octanol–water partition coefficient (Wildman–Crippen LogP) is 3.67. The Morgan fingerprint density at radius 3 is 2.88 bits per heavy atom. The minimum Gasteiger partial charge on any atom is -0.464 e. The highest BCUT2D eigenvalue weighted by molar-refractivity contribution is 5.87. The topological polar surface area (TPSA) is 38.1 Å². The summed E-state index contributed by atoms with van der Waals surface area (Å²) in [6.07, 6.45) is 4.61. The van der Waals surface area contributed by atoms with Crippen LogP contribution in [0.2, 0.25) is 0 Å². The third-order valence-corrected chi connectivity index (χ3v) is 2.59. The third-order valence-electron chi connectivity index (χ3n) is 2.59. The number of fused-ring (bicyclic) bond motifs is 1. The van der Waals surface area contributed by atoms with Crippen LogP contribution in [0.1, 0.15) is 27.2 Å². The Morgan fingerprint density at radius 2 is 2.12 bits per heavy atom. The van der Waals surface area contributed by atoms with Crippen LogP contribution in [0.15, 0.2) is 29.0 Å². The molecule has 3 heteroatoms. The van der Waals surface area contributed by atoms with Gasteiger partial charge in [-0.15, -0.1) is 0 Å². The van der Waals surface area contributed by atoms with Gasteiger partial charge in [0.25, 0.3) is 0 Å². The van der Waals surface area contributed by atoms with Gasteiger partial charge in [-0.3, -0.25) is 0 Å². The molecule has 0 fully saturated rings. The summed E-state index contributed by atoms with van der Waals surface area (Å²) in [4.78, 5) is 4.36. The van der Waals surface area contributed by atoms with Crippen molar-refractivity contribution in [3.05, 3.63) is 24.6 Å². The molecule has 86 valence electrons. The summed E-state index contributed by atoms with van der Waals surface area (Å²) in [6.45, 7) is 6.63. The van der Waals surface area contributed by atoms with Crippen LogP contribution in [0.4, 0.5) is 5.82 Å². The molecule has 0 bridgehead atoms. The normalized spacial score (nSPS) is 13.2. The highest BCUT2D eigenvalue weighted by atomic mass is 16.3. The second kappa shape index (κ2) is 4.56. The van der Waals surface area contributed by atoms with Crippen molar-refractivity contribution in [1.82, 2.24) is 4.98 Å². The van der Waals surface area contributed by atoms with Crippen LogP contribution in [-0.2, 0) is 0 Å². The van der Waals surface area contributed by atoms with E-state index < -0.39 is 0 Å². The molecule has 0 amide bonds.